The Kier molecular flexibility index (Phi) is 6.93. The van der Waals surface area contributed by atoms with E-state index in [0.29, 0.717) is 23.7 Å². The normalized spacial score (nSPS) is 15.7. The lowest BCUT2D eigenvalue weighted by Gasteiger charge is -2.29. The van der Waals surface area contributed by atoms with Crippen LogP contribution in [0.15, 0.2) is 53.4 Å². The second kappa shape index (κ2) is 9.32. The highest BCUT2D eigenvalue weighted by Gasteiger charge is 2.38. The van der Waals surface area contributed by atoms with Gasteiger partial charge in [-0.1, -0.05) is 32.0 Å². The lowest BCUT2D eigenvalue weighted by molar-refractivity contribution is -0.127. The van der Waals surface area contributed by atoms with Crippen LogP contribution in [-0.4, -0.2) is 39.1 Å². The molecule has 172 valence electrons. The molecular formula is C24H30N2O5S. The molecule has 0 saturated carbocycles. The van der Waals surface area contributed by atoms with Crippen molar-refractivity contribution in [3.05, 3.63) is 48.5 Å². The number of ether oxygens (including phenoxy) is 1. The van der Waals surface area contributed by atoms with Gasteiger partial charge in [-0.3, -0.25) is 9.59 Å². The average Bonchev–Trinajstić information content (AvgIpc) is 2.83. The van der Waals surface area contributed by atoms with Crippen LogP contribution in [0.2, 0.25) is 0 Å². The number of hydrogen-bond acceptors (Lipinski definition) is 5. The molecular weight excluding hydrogens is 428 g/mol. The Morgan fingerprint density at radius 1 is 1.16 bits per heavy atom. The lowest BCUT2D eigenvalue weighted by atomic mass is 9.92. The first-order chi connectivity index (χ1) is 15.0. The fourth-order valence-electron chi connectivity index (χ4n) is 3.47. The second-order valence-electron chi connectivity index (χ2n) is 9.09. The molecule has 2 aromatic carbocycles. The van der Waals surface area contributed by atoms with E-state index in [2.05, 4.69) is 5.32 Å². The number of benzene rings is 2. The van der Waals surface area contributed by atoms with Gasteiger partial charge in [-0.2, -0.15) is 0 Å². The number of nitrogens with zero attached hydrogens (tertiary/aromatic N) is 1. The van der Waals surface area contributed by atoms with E-state index in [1.807, 2.05) is 27.7 Å². The molecule has 0 saturated heterocycles. The van der Waals surface area contributed by atoms with Gasteiger partial charge in [-0.15, -0.1) is 0 Å². The molecule has 2 aromatic rings. The zero-order valence-electron chi connectivity index (χ0n) is 18.9. The van der Waals surface area contributed by atoms with Crippen molar-refractivity contribution < 1.29 is 22.7 Å². The lowest BCUT2D eigenvalue weighted by Crippen LogP contribution is -2.43. The van der Waals surface area contributed by atoms with E-state index in [0.717, 1.165) is 0 Å². The minimum absolute atomic E-state index is 0.0395. The van der Waals surface area contributed by atoms with Crippen molar-refractivity contribution >= 4 is 33.0 Å². The Morgan fingerprint density at radius 2 is 1.84 bits per heavy atom. The Hall–Kier alpha value is -2.87. The van der Waals surface area contributed by atoms with E-state index in [-0.39, 0.29) is 35.5 Å². The molecule has 3 rings (SSSR count). The first kappa shape index (κ1) is 23.8. The summed E-state index contributed by atoms with van der Waals surface area (Å²) >= 11 is 0. The predicted molar refractivity (Wildman–Crippen MR) is 125 cm³/mol. The smallest absolute Gasteiger partial charge is 0.236 e. The monoisotopic (exact) mass is 458 g/mol. The summed E-state index contributed by atoms with van der Waals surface area (Å²) in [6, 6.07) is 13.2. The maximum Gasteiger partial charge on any atom is 0.236 e. The zero-order chi connectivity index (χ0) is 23.5. The number of hydrogen-bond donors (Lipinski definition) is 1. The first-order valence-corrected chi connectivity index (χ1v) is 12.3. The minimum atomic E-state index is -3.54. The van der Waals surface area contributed by atoms with Crippen LogP contribution in [-0.2, 0) is 19.4 Å². The molecule has 1 aliphatic rings. The van der Waals surface area contributed by atoms with Crippen LogP contribution in [0.4, 0.5) is 11.4 Å². The Balaban J connectivity index is 1.76. The van der Waals surface area contributed by atoms with Gasteiger partial charge in [0.1, 0.15) is 12.4 Å². The summed E-state index contributed by atoms with van der Waals surface area (Å²) in [6.07, 6.45) is -0.174. The largest absolute Gasteiger partial charge is 0.490 e. The van der Waals surface area contributed by atoms with Gasteiger partial charge in [-0.25, -0.2) is 8.42 Å². The van der Waals surface area contributed by atoms with Crippen molar-refractivity contribution in [2.75, 3.05) is 29.1 Å². The Labute approximate surface area is 189 Å². The molecule has 8 heteroatoms. The number of sulfone groups is 1. The molecule has 7 nitrogen and oxygen atoms in total. The van der Waals surface area contributed by atoms with Crippen LogP contribution in [0.3, 0.4) is 0 Å². The van der Waals surface area contributed by atoms with Crippen molar-refractivity contribution in [1.29, 1.82) is 0 Å². The average molecular weight is 459 g/mol. The second-order valence-corrected chi connectivity index (χ2v) is 11.2. The summed E-state index contributed by atoms with van der Waals surface area (Å²) in [4.78, 5) is 27.5. The summed E-state index contributed by atoms with van der Waals surface area (Å²) in [6.45, 7) is 8.55. The molecule has 0 aromatic heterocycles. The number of fused-ring (bicyclic) bond motifs is 1. The van der Waals surface area contributed by atoms with Gasteiger partial charge >= 0.3 is 0 Å². The highest BCUT2D eigenvalue weighted by Crippen LogP contribution is 2.38. The molecule has 0 atom stereocenters. The summed E-state index contributed by atoms with van der Waals surface area (Å²) in [5, 5.41) is 2.75. The van der Waals surface area contributed by atoms with Crippen molar-refractivity contribution in [2.24, 2.45) is 11.3 Å². The topological polar surface area (TPSA) is 92.8 Å². The zero-order valence-corrected chi connectivity index (χ0v) is 19.7. The van der Waals surface area contributed by atoms with Gasteiger partial charge in [0.2, 0.25) is 11.8 Å². The van der Waals surface area contributed by atoms with Crippen LogP contribution in [0.25, 0.3) is 0 Å². The van der Waals surface area contributed by atoms with E-state index in [1.54, 1.807) is 41.3 Å². The number of nitrogens with one attached hydrogen (secondary N) is 1. The summed E-state index contributed by atoms with van der Waals surface area (Å²) in [5.41, 5.74) is 0.406. The van der Waals surface area contributed by atoms with Gasteiger partial charge in [0.25, 0.3) is 0 Å². The van der Waals surface area contributed by atoms with E-state index in [4.69, 9.17) is 4.74 Å². The molecule has 0 fully saturated rings. The number of rotatable bonds is 7. The van der Waals surface area contributed by atoms with E-state index in [9.17, 15) is 18.0 Å². The molecule has 0 unspecified atom stereocenters. The maximum atomic E-state index is 13.1. The fraction of sp³-hybridized carbons (Fsp3) is 0.417. The SMILES string of the molecule is CC(C)CN1C(=O)C(C)(C)COc2ccc(NC(=O)CCS(=O)(=O)c3ccccc3)cc21. The highest BCUT2D eigenvalue weighted by molar-refractivity contribution is 7.91. The quantitative estimate of drug-likeness (QED) is 0.679. The van der Waals surface area contributed by atoms with Gasteiger partial charge < -0.3 is 15.0 Å². The molecule has 1 heterocycles. The molecule has 1 aliphatic heterocycles. The standard InChI is InChI=1S/C24H30N2O5S/c1-17(2)15-26-20-14-18(10-11-21(20)31-16-24(3,4)23(26)28)25-22(27)12-13-32(29,30)19-8-6-5-7-9-19/h5-11,14,17H,12-13,15-16H2,1-4H3,(H,25,27). The molecule has 0 spiro atoms. The van der Waals surface area contributed by atoms with Gasteiger partial charge in [-0.05, 0) is 50.1 Å². The molecule has 0 aliphatic carbocycles. The molecule has 0 bridgehead atoms. The van der Waals surface area contributed by atoms with Crippen molar-refractivity contribution in [3.63, 3.8) is 0 Å². The minimum Gasteiger partial charge on any atom is -0.490 e. The summed E-state index contributed by atoms with van der Waals surface area (Å²) in [5.74, 6) is 0.0723. The Bertz CT molecular complexity index is 1090. The van der Waals surface area contributed by atoms with E-state index >= 15 is 0 Å². The van der Waals surface area contributed by atoms with Crippen LogP contribution >= 0.6 is 0 Å². The third kappa shape index (κ3) is 5.48. The number of amides is 2. The van der Waals surface area contributed by atoms with E-state index < -0.39 is 21.2 Å². The molecule has 32 heavy (non-hydrogen) atoms. The highest BCUT2D eigenvalue weighted by atomic mass is 32.2. The molecule has 1 N–H and O–H groups in total. The first-order valence-electron chi connectivity index (χ1n) is 10.7. The number of carbonyl (C=O) groups is 2. The summed E-state index contributed by atoms with van der Waals surface area (Å²) in [7, 11) is -3.54. The number of carbonyl (C=O) groups excluding carboxylic acids is 2. The fourth-order valence-corrected chi connectivity index (χ4v) is 4.73. The van der Waals surface area contributed by atoms with Crippen molar-refractivity contribution in [1.82, 2.24) is 0 Å². The van der Waals surface area contributed by atoms with Crippen LogP contribution in [0.5, 0.6) is 5.75 Å². The Morgan fingerprint density at radius 3 is 2.50 bits per heavy atom. The van der Waals surface area contributed by atoms with Crippen molar-refractivity contribution in [2.45, 2.75) is 39.0 Å². The number of anilines is 2. The third-order valence-corrected chi connectivity index (χ3v) is 6.93. The van der Waals surface area contributed by atoms with E-state index in [1.165, 1.54) is 12.1 Å². The maximum absolute atomic E-state index is 13.1. The van der Waals surface area contributed by atoms with Gasteiger partial charge in [0, 0.05) is 18.7 Å². The molecule has 0 radical (unpaired) electrons. The van der Waals surface area contributed by atoms with Crippen molar-refractivity contribution in [3.8, 4) is 5.75 Å². The third-order valence-electron chi connectivity index (χ3n) is 5.19. The predicted octanol–water partition coefficient (Wildman–Crippen LogP) is 3.90. The van der Waals surface area contributed by atoms with Crippen LogP contribution in [0.1, 0.15) is 34.1 Å². The van der Waals surface area contributed by atoms with Gasteiger partial charge in [0.05, 0.1) is 21.8 Å². The van der Waals surface area contributed by atoms with Crippen LogP contribution < -0.4 is 15.0 Å². The van der Waals surface area contributed by atoms with Crippen LogP contribution in [0, 0.1) is 11.3 Å². The molecule has 2 amide bonds. The van der Waals surface area contributed by atoms with Gasteiger partial charge in [0.15, 0.2) is 9.84 Å². The summed E-state index contributed by atoms with van der Waals surface area (Å²) < 4.78 is 30.7.